The fourth-order valence-corrected chi connectivity index (χ4v) is 1.30. The van der Waals surface area contributed by atoms with E-state index in [1.807, 2.05) is 0 Å². The summed E-state index contributed by atoms with van der Waals surface area (Å²) in [6.45, 7) is 1.77. The molecule has 0 unspecified atom stereocenters. The fraction of sp³-hybridized carbons (Fsp3) is 0.438. The van der Waals surface area contributed by atoms with Crippen molar-refractivity contribution >= 4 is 5.97 Å². The Kier molecular flexibility index (Phi) is 11.7. The van der Waals surface area contributed by atoms with E-state index in [2.05, 4.69) is 35.8 Å². The van der Waals surface area contributed by atoms with E-state index in [1.165, 1.54) is 6.08 Å². The maximum absolute atomic E-state index is 10.2. The number of carboxylic acid groups (broad SMARTS) is 1. The fourth-order valence-electron chi connectivity index (χ4n) is 1.30. The maximum Gasteiger partial charge on any atom is 0.327 e. The third-order valence-electron chi connectivity index (χ3n) is 2.16. The zero-order valence-electron chi connectivity index (χ0n) is 10.9. The highest BCUT2D eigenvalue weighted by Gasteiger charge is 1.87. The van der Waals surface area contributed by atoms with Crippen LogP contribution in [0.25, 0.3) is 0 Å². The van der Waals surface area contributed by atoms with Gasteiger partial charge in [0.2, 0.25) is 0 Å². The Morgan fingerprint density at radius 3 is 2.44 bits per heavy atom. The summed E-state index contributed by atoms with van der Waals surface area (Å²) in [4.78, 5) is 10.2. The first-order valence-corrected chi connectivity index (χ1v) is 6.21. The summed E-state index contributed by atoms with van der Waals surface area (Å²) in [6, 6.07) is 0. The van der Waals surface area contributed by atoms with Crippen LogP contribution < -0.4 is 0 Å². The molecule has 0 aromatic rings. The molecule has 0 atom stereocenters. The van der Waals surface area contributed by atoms with Crippen molar-refractivity contribution in [1.29, 1.82) is 0 Å². The molecule has 2 nitrogen and oxygen atoms in total. The Morgan fingerprint density at radius 1 is 1.06 bits per heavy atom. The van der Waals surface area contributed by atoms with Gasteiger partial charge in [0.1, 0.15) is 0 Å². The van der Waals surface area contributed by atoms with Gasteiger partial charge in [0.05, 0.1) is 0 Å². The summed E-state index contributed by atoms with van der Waals surface area (Å²) in [5.41, 5.74) is 0. The second kappa shape index (κ2) is 13.1. The van der Waals surface area contributed by atoms with E-state index in [0.717, 1.165) is 38.5 Å². The standard InChI is InChI=1S/C16H20O2/c1-2-3-4-5-6-7-8-9-10-11-12-13-14-15-16(17)18/h7-8,14-15H,6,9-13H2,1H3,(H,17,18). The Bertz CT molecular complexity index is 394. The number of hydrogen-bond donors (Lipinski definition) is 1. The summed E-state index contributed by atoms with van der Waals surface area (Å²) in [6.07, 6.45) is 13.1. The van der Waals surface area contributed by atoms with Gasteiger partial charge < -0.3 is 5.11 Å². The summed E-state index contributed by atoms with van der Waals surface area (Å²) >= 11 is 0. The molecule has 0 aliphatic carbocycles. The van der Waals surface area contributed by atoms with Gasteiger partial charge in [-0.2, -0.15) is 0 Å². The molecule has 0 heterocycles. The molecule has 0 aromatic carbocycles. The molecule has 0 aliphatic heterocycles. The molecule has 0 fully saturated rings. The number of aliphatic carboxylic acids is 1. The van der Waals surface area contributed by atoms with Gasteiger partial charge >= 0.3 is 5.97 Å². The third-order valence-corrected chi connectivity index (χ3v) is 2.16. The van der Waals surface area contributed by atoms with Gasteiger partial charge in [-0.15, -0.1) is 0 Å². The molecule has 0 bridgehead atoms. The molecule has 2 heteroatoms. The second-order valence-corrected chi connectivity index (χ2v) is 3.73. The van der Waals surface area contributed by atoms with E-state index in [1.54, 1.807) is 13.0 Å². The Hall–Kier alpha value is -1.93. The molecule has 0 aliphatic rings. The molecule has 0 spiro atoms. The highest BCUT2D eigenvalue weighted by Crippen LogP contribution is 2.04. The predicted molar refractivity (Wildman–Crippen MR) is 74.8 cm³/mol. The van der Waals surface area contributed by atoms with E-state index in [4.69, 9.17) is 5.11 Å². The van der Waals surface area contributed by atoms with Crippen LogP contribution in [0.3, 0.4) is 0 Å². The van der Waals surface area contributed by atoms with Crippen molar-refractivity contribution in [2.75, 3.05) is 0 Å². The lowest BCUT2D eigenvalue weighted by molar-refractivity contribution is -0.131. The van der Waals surface area contributed by atoms with Crippen molar-refractivity contribution in [3.05, 3.63) is 24.3 Å². The quantitative estimate of drug-likeness (QED) is 0.307. The van der Waals surface area contributed by atoms with E-state index in [0.29, 0.717) is 0 Å². The van der Waals surface area contributed by atoms with Crippen molar-refractivity contribution in [2.24, 2.45) is 0 Å². The largest absolute Gasteiger partial charge is 0.478 e. The number of allylic oxidation sites excluding steroid dienone is 3. The van der Waals surface area contributed by atoms with Crippen LogP contribution in [0.5, 0.6) is 0 Å². The highest BCUT2D eigenvalue weighted by atomic mass is 16.4. The molecule has 0 saturated carbocycles. The van der Waals surface area contributed by atoms with Crippen molar-refractivity contribution in [3.8, 4) is 23.7 Å². The minimum absolute atomic E-state index is 0.760. The molecular formula is C16H20O2. The lowest BCUT2D eigenvalue weighted by Gasteiger charge is -1.94. The zero-order chi connectivity index (χ0) is 13.5. The average Bonchev–Trinajstić information content (AvgIpc) is 2.34. The van der Waals surface area contributed by atoms with E-state index in [-0.39, 0.29) is 0 Å². The van der Waals surface area contributed by atoms with Crippen molar-refractivity contribution in [1.82, 2.24) is 0 Å². The summed E-state index contributed by atoms with van der Waals surface area (Å²) < 4.78 is 0. The molecule has 0 radical (unpaired) electrons. The minimum atomic E-state index is -0.869. The van der Waals surface area contributed by atoms with Gasteiger partial charge in [0, 0.05) is 12.5 Å². The van der Waals surface area contributed by atoms with Gasteiger partial charge in [-0.25, -0.2) is 4.79 Å². The van der Waals surface area contributed by atoms with Crippen LogP contribution in [0, 0.1) is 23.7 Å². The summed E-state index contributed by atoms with van der Waals surface area (Å²) in [7, 11) is 0. The van der Waals surface area contributed by atoms with Crippen LogP contribution >= 0.6 is 0 Å². The van der Waals surface area contributed by atoms with Gasteiger partial charge in [-0.1, -0.05) is 36.5 Å². The van der Waals surface area contributed by atoms with Crippen molar-refractivity contribution in [2.45, 2.75) is 45.4 Å². The lowest BCUT2D eigenvalue weighted by Crippen LogP contribution is -1.85. The van der Waals surface area contributed by atoms with E-state index < -0.39 is 5.97 Å². The molecule has 18 heavy (non-hydrogen) atoms. The van der Waals surface area contributed by atoms with Crippen LogP contribution in [0.4, 0.5) is 0 Å². The smallest absolute Gasteiger partial charge is 0.327 e. The van der Waals surface area contributed by atoms with Crippen LogP contribution in [0.15, 0.2) is 24.3 Å². The van der Waals surface area contributed by atoms with Gasteiger partial charge in [-0.05, 0) is 44.4 Å². The molecule has 0 amide bonds. The zero-order valence-corrected chi connectivity index (χ0v) is 10.9. The Morgan fingerprint density at radius 2 is 1.78 bits per heavy atom. The lowest BCUT2D eigenvalue weighted by atomic mass is 10.1. The van der Waals surface area contributed by atoms with E-state index >= 15 is 0 Å². The number of hydrogen-bond acceptors (Lipinski definition) is 1. The van der Waals surface area contributed by atoms with Crippen LogP contribution in [-0.4, -0.2) is 11.1 Å². The van der Waals surface area contributed by atoms with Crippen LogP contribution in [-0.2, 0) is 4.79 Å². The van der Waals surface area contributed by atoms with Gasteiger partial charge in [0.25, 0.3) is 0 Å². The average molecular weight is 244 g/mol. The molecular weight excluding hydrogens is 224 g/mol. The molecule has 0 rings (SSSR count). The van der Waals surface area contributed by atoms with Crippen LogP contribution in [0.1, 0.15) is 45.4 Å². The maximum atomic E-state index is 10.2. The minimum Gasteiger partial charge on any atom is -0.478 e. The first kappa shape index (κ1) is 16.1. The SMILES string of the molecule is CC#CC#CCC=CCCCCCC=CC(=O)O. The number of rotatable bonds is 8. The van der Waals surface area contributed by atoms with E-state index in [9.17, 15) is 4.79 Å². The van der Waals surface area contributed by atoms with Gasteiger partial charge in [-0.3, -0.25) is 0 Å². The number of carbonyl (C=O) groups is 1. The number of carboxylic acids is 1. The Labute approximate surface area is 110 Å². The first-order chi connectivity index (χ1) is 8.77. The predicted octanol–water partition coefficient (Wildman–Crippen LogP) is 3.55. The van der Waals surface area contributed by atoms with Crippen molar-refractivity contribution in [3.63, 3.8) is 0 Å². The summed E-state index contributed by atoms with van der Waals surface area (Å²) in [5, 5.41) is 8.38. The first-order valence-electron chi connectivity index (χ1n) is 6.21. The molecule has 0 aromatic heterocycles. The molecule has 0 saturated heterocycles. The Balaban J connectivity index is 3.35. The van der Waals surface area contributed by atoms with Gasteiger partial charge in [0.15, 0.2) is 0 Å². The second-order valence-electron chi connectivity index (χ2n) is 3.73. The summed E-state index contributed by atoms with van der Waals surface area (Å²) in [5.74, 6) is 10.2. The third kappa shape index (κ3) is 14.1. The van der Waals surface area contributed by atoms with Crippen LogP contribution in [0.2, 0.25) is 0 Å². The number of unbranched alkanes of at least 4 members (excludes halogenated alkanes) is 4. The normalized spacial score (nSPS) is 9.83. The molecule has 96 valence electrons. The highest BCUT2D eigenvalue weighted by molar-refractivity contribution is 5.79. The molecule has 1 N–H and O–H groups in total. The monoisotopic (exact) mass is 244 g/mol. The topological polar surface area (TPSA) is 37.3 Å². The van der Waals surface area contributed by atoms with Crippen molar-refractivity contribution < 1.29 is 9.90 Å².